The minimum absolute atomic E-state index is 0.208. The predicted molar refractivity (Wildman–Crippen MR) is 91.9 cm³/mol. The van der Waals surface area contributed by atoms with Gasteiger partial charge in [-0.25, -0.2) is 0 Å². The molecule has 1 N–H and O–H groups in total. The summed E-state index contributed by atoms with van der Waals surface area (Å²) in [5, 5.41) is 3.39. The number of rotatable bonds is 6. The number of nitrogens with zero attached hydrogens (tertiary/aromatic N) is 1. The predicted octanol–water partition coefficient (Wildman–Crippen LogP) is 3.69. The Hall–Kier alpha value is -1.35. The smallest absolute Gasteiger partial charge is 0.236 e. The number of carbonyl (C=O) groups is 1. The summed E-state index contributed by atoms with van der Waals surface area (Å²) in [4.78, 5) is 14.6. The van der Waals surface area contributed by atoms with Crippen molar-refractivity contribution in [3.63, 3.8) is 0 Å². The molecule has 1 aliphatic rings. The molecule has 0 spiro atoms. The lowest BCUT2D eigenvalue weighted by Gasteiger charge is -2.35. The third-order valence-corrected chi connectivity index (χ3v) is 4.87. The molecule has 2 unspecified atom stereocenters. The van der Waals surface area contributed by atoms with Crippen LogP contribution < -0.4 is 5.32 Å². The van der Waals surface area contributed by atoms with Gasteiger partial charge >= 0.3 is 0 Å². The summed E-state index contributed by atoms with van der Waals surface area (Å²) >= 11 is 0. The number of amides is 1. The average Bonchev–Trinajstić information content (AvgIpc) is 2.59. The van der Waals surface area contributed by atoms with Gasteiger partial charge in [0.2, 0.25) is 5.91 Å². The Kier molecular flexibility index (Phi) is 6.44. The summed E-state index contributed by atoms with van der Waals surface area (Å²) in [6.45, 7) is 7.84. The Morgan fingerprint density at radius 2 is 2.00 bits per heavy atom. The van der Waals surface area contributed by atoms with E-state index in [0.717, 1.165) is 32.2 Å². The van der Waals surface area contributed by atoms with Gasteiger partial charge in [0.15, 0.2) is 0 Å². The number of likely N-dealkylation sites (tertiary alicyclic amines) is 1. The molecule has 0 saturated carbocycles. The largest absolute Gasteiger partial charge is 0.339 e. The van der Waals surface area contributed by atoms with Crippen LogP contribution in [-0.4, -0.2) is 29.9 Å². The molecule has 2 rings (SSSR count). The van der Waals surface area contributed by atoms with E-state index in [-0.39, 0.29) is 11.9 Å². The lowest BCUT2D eigenvalue weighted by atomic mass is 10.00. The fourth-order valence-electron chi connectivity index (χ4n) is 3.26. The number of carbonyl (C=O) groups excluding carboxylic acids is 1. The van der Waals surface area contributed by atoms with Gasteiger partial charge < -0.3 is 10.2 Å². The highest BCUT2D eigenvalue weighted by molar-refractivity contribution is 5.78. The van der Waals surface area contributed by atoms with Gasteiger partial charge in [0.1, 0.15) is 0 Å². The minimum atomic E-state index is 0.208. The molecule has 1 aromatic rings. The molecule has 2 atom stereocenters. The van der Waals surface area contributed by atoms with Gasteiger partial charge in [-0.1, -0.05) is 38.1 Å². The van der Waals surface area contributed by atoms with Crippen molar-refractivity contribution in [2.24, 2.45) is 0 Å². The number of hydrogen-bond donors (Lipinski definition) is 1. The molecule has 22 heavy (non-hydrogen) atoms. The summed E-state index contributed by atoms with van der Waals surface area (Å²) in [6.07, 6.45) is 5.70. The maximum absolute atomic E-state index is 12.5. The van der Waals surface area contributed by atoms with Crippen molar-refractivity contribution in [2.45, 2.75) is 65.0 Å². The summed E-state index contributed by atoms with van der Waals surface area (Å²) in [6, 6.07) is 9.33. The van der Waals surface area contributed by atoms with E-state index in [2.05, 4.69) is 55.3 Å². The Morgan fingerprint density at radius 3 is 2.64 bits per heavy atom. The SMILES string of the molecule is CCc1ccc(C(C)NCC(=O)N2CCCCC2CC)cc1. The zero-order valence-corrected chi connectivity index (χ0v) is 14.3. The van der Waals surface area contributed by atoms with Gasteiger partial charge in [-0.15, -0.1) is 0 Å². The topological polar surface area (TPSA) is 32.3 Å². The summed E-state index contributed by atoms with van der Waals surface area (Å²) in [7, 11) is 0. The third kappa shape index (κ3) is 4.33. The summed E-state index contributed by atoms with van der Waals surface area (Å²) in [5.41, 5.74) is 2.60. The van der Waals surface area contributed by atoms with Crippen LogP contribution in [0.2, 0.25) is 0 Å². The van der Waals surface area contributed by atoms with E-state index >= 15 is 0 Å². The summed E-state index contributed by atoms with van der Waals surface area (Å²) < 4.78 is 0. The van der Waals surface area contributed by atoms with E-state index in [9.17, 15) is 4.79 Å². The van der Waals surface area contributed by atoms with E-state index in [1.54, 1.807) is 0 Å². The highest BCUT2D eigenvalue weighted by atomic mass is 16.2. The molecule has 122 valence electrons. The van der Waals surface area contributed by atoms with Crippen molar-refractivity contribution < 1.29 is 4.79 Å². The minimum Gasteiger partial charge on any atom is -0.339 e. The van der Waals surface area contributed by atoms with Crippen LogP contribution in [-0.2, 0) is 11.2 Å². The fraction of sp³-hybridized carbons (Fsp3) is 0.632. The van der Waals surface area contributed by atoms with Crippen molar-refractivity contribution >= 4 is 5.91 Å². The van der Waals surface area contributed by atoms with Crippen molar-refractivity contribution in [2.75, 3.05) is 13.1 Å². The van der Waals surface area contributed by atoms with E-state index in [1.807, 2.05) is 0 Å². The monoisotopic (exact) mass is 302 g/mol. The van der Waals surface area contributed by atoms with E-state index in [1.165, 1.54) is 17.5 Å². The van der Waals surface area contributed by atoms with Crippen LogP contribution in [0.15, 0.2) is 24.3 Å². The molecule has 3 nitrogen and oxygen atoms in total. The Labute approximate surface area is 135 Å². The van der Waals surface area contributed by atoms with Crippen LogP contribution in [0.1, 0.15) is 63.6 Å². The molecule has 1 heterocycles. The number of benzene rings is 1. The maximum Gasteiger partial charge on any atom is 0.236 e. The van der Waals surface area contributed by atoms with Gasteiger partial charge in [0, 0.05) is 18.6 Å². The van der Waals surface area contributed by atoms with E-state index in [4.69, 9.17) is 0 Å². The third-order valence-electron chi connectivity index (χ3n) is 4.87. The van der Waals surface area contributed by atoms with Gasteiger partial charge in [0.05, 0.1) is 6.54 Å². The molecular formula is C19H30N2O. The first kappa shape index (κ1) is 17.0. The van der Waals surface area contributed by atoms with Crippen LogP contribution in [0.5, 0.6) is 0 Å². The quantitative estimate of drug-likeness (QED) is 0.869. The van der Waals surface area contributed by atoms with E-state index in [0.29, 0.717) is 12.6 Å². The van der Waals surface area contributed by atoms with Gasteiger partial charge in [-0.2, -0.15) is 0 Å². The molecule has 0 bridgehead atoms. The van der Waals surface area contributed by atoms with Crippen LogP contribution in [0.4, 0.5) is 0 Å². The highest BCUT2D eigenvalue weighted by Gasteiger charge is 2.25. The maximum atomic E-state index is 12.5. The second kappa shape index (κ2) is 8.33. The standard InChI is InChI=1S/C19H30N2O/c1-4-16-9-11-17(12-10-16)15(3)20-14-19(22)21-13-7-6-8-18(21)5-2/h9-12,15,18,20H,4-8,13-14H2,1-3H3. The summed E-state index contributed by atoms with van der Waals surface area (Å²) in [5.74, 6) is 0.253. The molecule has 0 aromatic heterocycles. The Bertz CT molecular complexity index is 469. The van der Waals surface area contributed by atoms with Crippen molar-refractivity contribution in [1.29, 1.82) is 0 Å². The molecule has 1 aromatic carbocycles. The lowest BCUT2D eigenvalue weighted by molar-refractivity contribution is -0.134. The first-order valence-electron chi connectivity index (χ1n) is 8.77. The Balaban J connectivity index is 1.86. The highest BCUT2D eigenvalue weighted by Crippen LogP contribution is 2.20. The molecule has 3 heteroatoms. The van der Waals surface area contributed by atoms with Crippen molar-refractivity contribution in [3.05, 3.63) is 35.4 Å². The zero-order chi connectivity index (χ0) is 15.9. The average molecular weight is 302 g/mol. The number of aryl methyl sites for hydroxylation is 1. The van der Waals surface area contributed by atoms with Gasteiger partial charge in [-0.05, 0) is 50.2 Å². The zero-order valence-electron chi connectivity index (χ0n) is 14.3. The van der Waals surface area contributed by atoms with Crippen LogP contribution >= 0.6 is 0 Å². The van der Waals surface area contributed by atoms with Crippen LogP contribution in [0.25, 0.3) is 0 Å². The first-order valence-corrected chi connectivity index (χ1v) is 8.77. The normalized spacial score (nSPS) is 20.0. The van der Waals surface area contributed by atoms with Crippen molar-refractivity contribution in [3.8, 4) is 0 Å². The second-order valence-electron chi connectivity index (χ2n) is 6.34. The molecular weight excluding hydrogens is 272 g/mol. The molecule has 1 amide bonds. The van der Waals surface area contributed by atoms with Crippen molar-refractivity contribution in [1.82, 2.24) is 10.2 Å². The molecule has 0 radical (unpaired) electrons. The first-order chi connectivity index (χ1) is 10.7. The molecule has 1 saturated heterocycles. The van der Waals surface area contributed by atoms with Crippen LogP contribution in [0, 0.1) is 0 Å². The van der Waals surface area contributed by atoms with Gasteiger partial charge in [0.25, 0.3) is 0 Å². The molecule has 1 fully saturated rings. The fourth-order valence-corrected chi connectivity index (χ4v) is 3.26. The number of hydrogen-bond acceptors (Lipinski definition) is 2. The van der Waals surface area contributed by atoms with E-state index < -0.39 is 0 Å². The Morgan fingerprint density at radius 1 is 1.27 bits per heavy atom. The number of piperidine rings is 1. The second-order valence-corrected chi connectivity index (χ2v) is 6.34. The molecule has 1 aliphatic heterocycles. The molecule has 0 aliphatic carbocycles. The van der Waals surface area contributed by atoms with Gasteiger partial charge in [-0.3, -0.25) is 4.79 Å². The lowest BCUT2D eigenvalue weighted by Crippen LogP contribution is -2.47. The van der Waals surface area contributed by atoms with Crippen LogP contribution in [0.3, 0.4) is 0 Å². The number of nitrogens with one attached hydrogen (secondary N) is 1.